The minimum absolute atomic E-state index is 0.0579. The van der Waals surface area contributed by atoms with Crippen LogP contribution in [-0.4, -0.2) is 21.9 Å². The van der Waals surface area contributed by atoms with Crippen LogP contribution in [0.5, 0.6) is 5.75 Å². The summed E-state index contributed by atoms with van der Waals surface area (Å²) in [7, 11) is 0. The van der Waals surface area contributed by atoms with Crippen LogP contribution in [0.2, 0.25) is 0 Å². The summed E-state index contributed by atoms with van der Waals surface area (Å²) in [6.07, 6.45) is 1.42. The molecule has 102 valence electrons. The first-order chi connectivity index (χ1) is 9.56. The Balaban J connectivity index is 2.16. The standard InChI is InChI=1S/C14H13N3O3/c1-9(18)16-10-4-2-5-11(8-10)17-14(20)13-12(19)6-3-7-15-13/h2-8,19H,1H3,(H,16,18)(H,17,20). The van der Waals surface area contributed by atoms with Gasteiger partial charge in [0.05, 0.1) is 0 Å². The maximum absolute atomic E-state index is 11.9. The van der Waals surface area contributed by atoms with E-state index in [2.05, 4.69) is 15.6 Å². The zero-order valence-corrected chi connectivity index (χ0v) is 10.8. The van der Waals surface area contributed by atoms with Gasteiger partial charge in [0.25, 0.3) is 5.91 Å². The number of carbonyl (C=O) groups excluding carboxylic acids is 2. The van der Waals surface area contributed by atoms with E-state index in [0.29, 0.717) is 11.4 Å². The summed E-state index contributed by atoms with van der Waals surface area (Å²) >= 11 is 0. The molecule has 1 aromatic heterocycles. The second-order valence-corrected chi connectivity index (χ2v) is 4.09. The average molecular weight is 271 g/mol. The third kappa shape index (κ3) is 3.32. The molecular weight excluding hydrogens is 258 g/mol. The first-order valence-corrected chi connectivity index (χ1v) is 5.89. The van der Waals surface area contributed by atoms with Crippen LogP contribution >= 0.6 is 0 Å². The Morgan fingerprint density at radius 3 is 2.45 bits per heavy atom. The topological polar surface area (TPSA) is 91.3 Å². The molecule has 0 spiro atoms. The van der Waals surface area contributed by atoms with Crippen molar-refractivity contribution >= 4 is 23.2 Å². The third-order valence-corrected chi connectivity index (χ3v) is 2.44. The number of carbonyl (C=O) groups is 2. The molecule has 0 radical (unpaired) electrons. The monoisotopic (exact) mass is 271 g/mol. The fraction of sp³-hybridized carbons (Fsp3) is 0.0714. The molecule has 0 saturated carbocycles. The Morgan fingerprint density at radius 1 is 1.10 bits per heavy atom. The molecule has 1 heterocycles. The Bertz CT molecular complexity index is 656. The van der Waals surface area contributed by atoms with Crippen molar-refractivity contribution in [1.29, 1.82) is 0 Å². The lowest BCUT2D eigenvalue weighted by Crippen LogP contribution is -2.14. The summed E-state index contributed by atoms with van der Waals surface area (Å²) in [5.41, 5.74) is 1.00. The van der Waals surface area contributed by atoms with E-state index in [1.165, 1.54) is 25.3 Å². The zero-order valence-electron chi connectivity index (χ0n) is 10.8. The summed E-state index contributed by atoms with van der Waals surface area (Å²) in [6, 6.07) is 9.59. The first kappa shape index (κ1) is 13.5. The van der Waals surface area contributed by atoms with Gasteiger partial charge in [-0.2, -0.15) is 0 Å². The van der Waals surface area contributed by atoms with Gasteiger partial charge in [-0.25, -0.2) is 4.98 Å². The number of amides is 2. The van der Waals surface area contributed by atoms with Crippen LogP contribution in [0, 0.1) is 0 Å². The lowest BCUT2D eigenvalue weighted by Gasteiger charge is -2.08. The zero-order chi connectivity index (χ0) is 14.5. The molecule has 6 heteroatoms. The number of hydrogen-bond donors (Lipinski definition) is 3. The minimum atomic E-state index is -0.525. The van der Waals surface area contributed by atoms with Crippen LogP contribution < -0.4 is 10.6 Å². The van der Waals surface area contributed by atoms with Crippen molar-refractivity contribution in [3.05, 3.63) is 48.3 Å². The average Bonchev–Trinajstić information content (AvgIpc) is 2.38. The summed E-state index contributed by atoms with van der Waals surface area (Å²) in [5.74, 6) is -0.915. The predicted octanol–water partition coefficient (Wildman–Crippen LogP) is 2.00. The number of nitrogens with one attached hydrogen (secondary N) is 2. The van der Waals surface area contributed by atoms with Crippen molar-refractivity contribution in [1.82, 2.24) is 4.98 Å². The van der Waals surface area contributed by atoms with Gasteiger partial charge in [-0.05, 0) is 30.3 Å². The number of pyridine rings is 1. The molecular formula is C14H13N3O3. The van der Waals surface area contributed by atoms with Gasteiger partial charge in [0, 0.05) is 24.5 Å². The second kappa shape index (κ2) is 5.83. The van der Waals surface area contributed by atoms with Gasteiger partial charge in [0.2, 0.25) is 5.91 Å². The van der Waals surface area contributed by atoms with E-state index in [1.807, 2.05) is 0 Å². The van der Waals surface area contributed by atoms with E-state index in [4.69, 9.17) is 0 Å². The first-order valence-electron chi connectivity index (χ1n) is 5.89. The molecule has 0 aliphatic carbocycles. The molecule has 0 atom stereocenters. The number of anilines is 2. The molecule has 0 aliphatic rings. The molecule has 20 heavy (non-hydrogen) atoms. The molecule has 2 aromatic rings. The fourth-order valence-electron chi connectivity index (χ4n) is 1.64. The molecule has 0 unspecified atom stereocenters. The van der Waals surface area contributed by atoms with E-state index in [1.54, 1.807) is 24.3 Å². The molecule has 2 amide bonds. The molecule has 0 fully saturated rings. The molecule has 6 nitrogen and oxygen atoms in total. The Labute approximate surface area is 115 Å². The van der Waals surface area contributed by atoms with Gasteiger partial charge in [-0.1, -0.05) is 6.07 Å². The number of hydrogen-bond acceptors (Lipinski definition) is 4. The van der Waals surface area contributed by atoms with Crippen molar-refractivity contribution < 1.29 is 14.7 Å². The second-order valence-electron chi connectivity index (χ2n) is 4.09. The normalized spacial score (nSPS) is 9.85. The smallest absolute Gasteiger partial charge is 0.278 e. The summed E-state index contributed by atoms with van der Waals surface area (Å²) in [6.45, 7) is 1.40. The molecule has 0 aliphatic heterocycles. The minimum Gasteiger partial charge on any atom is -0.505 e. The van der Waals surface area contributed by atoms with Crippen LogP contribution in [0.15, 0.2) is 42.6 Å². The van der Waals surface area contributed by atoms with Crippen molar-refractivity contribution in [2.24, 2.45) is 0 Å². The number of benzene rings is 1. The van der Waals surface area contributed by atoms with Gasteiger partial charge < -0.3 is 15.7 Å². The van der Waals surface area contributed by atoms with Gasteiger partial charge in [-0.15, -0.1) is 0 Å². The quantitative estimate of drug-likeness (QED) is 0.796. The number of aromatic hydroxyl groups is 1. The van der Waals surface area contributed by atoms with Gasteiger partial charge in [-0.3, -0.25) is 9.59 Å². The molecule has 0 saturated heterocycles. The number of nitrogens with zero attached hydrogens (tertiary/aromatic N) is 1. The maximum Gasteiger partial charge on any atom is 0.278 e. The predicted molar refractivity (Wildman–Crippen MR) is 74.6 cm³/mol. The maximum atomic E-state index is 11.9. The van der Waals surface area contributed by atoms with Gasteiger partial charge in [0.15, 0.2) is 5.69 Å². The lowest BCUT2D eigenvalue weighted by molar-refractivity contribution is -0.114. The van der Waals surface area contributed by atoms with Crippen LogP contribution in [0.25, 0.3) is 0 Å². The Morgan fingerprint density at radius 2 is 1.80 bits per heavy atom. The van der Waals surface area contributed by atoms with E-state index < -0.39 is 5.91 Å². The molecule has 3 N–H and O–H groups in total. The van der Waals surface area contributed by atoms with Gasteiger partial charge >= 0.3 is 0 Å². The van der Waals surface area contributed by atoms with Crippen LogP contribution in [0.4, 0.5) is 11.4 Å². The van der Waals surface area contributed by atoms with E-state index in [9.17, 15) is 14.7 Å². The van der Waals surface area contributed by atoms with Crippen LogP contribution in [0.3, 0.4) is 0 Å². The molecule has 2 rings (SSSR count). The highest BCUT2D eigenvalue weighted by Crippen LogP contribution is 2.18. The highest BCUT2D eigenvalue weighted by molar-refractivity contribution is 6.05. The Hall–Kier alpha value is -2.89. The number of rotatable bonds is 3. The molecule has 0 bridgehead atoms. The lowest BCUT2D eigenvalue weighted by atomic mass is 10.2. The summed E-state index contributed by atoms with van der Waals surface area (Å²) in [4.78, 5) is 26.7. The van der Waals surface area contributed by atoms with Gasteiger partial charge in [0.1, 0.15) is 5.75 Å². The van der Waals surface area contributed by atoms with Crippen molar-refractivity contribution in [2.75, 3.05) is 10.6 Å². The van der Waals surface area contributed by atoms with Crippen molar-refractivity contribution in [3.63, 3.8) is 0 Å². The Kier molecular flexibility index (Phi) is 3.95. The largest absolute Gasteiger partial charge is 0.505 e. The highest BCUT2D eigenvalue weighted by atomic mass is 16.3. The summed E-state index contributed by atoms with van der Waals surface area (Å²) < 4.78 is 0. The van der Waals surface area contributed by atoms with Crippen molar-refractivity contribution in [3.8, 4) is 5.75 Å². The number of aromatic nitrogens is 1. The summed E-state index contributed by atoms with van der Waals surface area (Å²) in [5, 5.41) is 14.8. The highest BCUT2D eigenvalue weighted by Gasteiger charge is 2.12. The molecule has 1 aromatic carbocycles. The fourth-order valence-corrected chi connectivity index (χ4v) is 1.64. The third-order valence-electron chi connectivity index (χ3n) is 2.44. The van der Waals surface area contributed by atoms with E-state index in [0.717, 1.165) is 0 Å². The van der Waals surface area contributed by atoms with E-state index in [-0.39, 0.29) is 17.4 Å². The van der Waals surface area contributed by atoms with E-state index >= 15 is 0 Å². The van der Waals surface area contributed by atoms with Crippen molar-refractivity contribution in [2.45, 2.75) is 6.92 Å². The van der Waals surface area contributed by atoms with Crippen LogP contribution in [-0.2, 0) is 4.79 Å². The SMILES string of the molecule is CC(=O)Nc1cccc(NC(=O)c2ncccc2O)c1. The van der Waals surface area contributed by atoms with Crippen LogP contribution in [0.1, 0.15) is 17.4 Å².